The van der Waals surface area contributed by atoms with Crippen molar-refractivity contribution in [2.24, 2.45) is 5.73 Å². The molecule has 7 heteroatoms. The zero-order valence-electron chi connectivity index (χ0n) is 15.4. The third-order valence-corrected chi connectivity index (χ3v) is 3.67. The first-order valence-corrected chi connectivity index (χ1v) is 8.85. The molecule has 0 saturated carbocycles. The van der Waals surface area contributed by atoms with E-state index in [1.807, 2.05) is 43.3 Å². The first-order chi connectivity index (χ1) is 13.1. The van der Waals surface area contributed by atoms with Crippen LogP contribution in [0.5, 0.6) is 11.5 Å². The Labute approximate surface area is 158 Å². The van der Waals surface area contributed by atoms with E-state index in [2.05, 4.69) is 10.6 Å². The highest BCUT2D eigenvalue weighted by Crippen LogP contribution is 2.26. The van der Waals surface area contributed by atoms with Crippen molar-refractivity contribution in [2.45, 2.75) is 26.3 Å². The number of hydrogen-bond acceptors (Lipinski definition) is 4. The van der Waals surface area contributed by atoms with Gasteiger partial charge in [-0.1, -0.05) is 24.3 Å². The number of ether oxygens (including phenoxy) is 2. The molecule has 2 aromatic rings. The lowest BCUT2D eigenvalue weighted by Gasteiger charge is -2.11. The third kappa shape index (κ3) is 7.27. The van der Waals surface area contributed by atoms with Crippen LogP contribution >= 0.6 is 0 Å². The van der Waals surface area contributed by atoms with Crippen molar-refractivity contribution in [1.29, 1.82) is 0 Å². The van der Waals surface area contributed by atoms with Gasteiger partial charge < -0.3 is 25.8 Å². The average molecular weight is 371 g/mol. The van der Waals surface area contributed by atoms with Gasteiger partial charge in [-0.05, 0) is 43.2 Å². The Morgan fingerprint density at radius 1 is 1.00 bits per heavy atom. The van der Waals surface area contributed by atoms with Crippen LogP contribution in [0.3, 0.4) is 0 Å². The molecule has 4 N–H and O–H groups in total. The second-order valence-corrected chi connectivity index (χ2v) is 5.79. The molecule has 0 aliphatic rings. The topological polar surface area (TPSA) is 103 Å². The number of benzene rings is 2. The van der Waals surface area contributed by atoms with Crippen LogP contribution in [0.1, 0.15) is 25.3 Å². The third-order valence-electron chi connectivity index (χ3n) is 3.67. The molecule has 3 amide bonds. The molecule has 0 atom stereocenters. The summed E-state index contributed by atoms with van der Waals surface area (Å²) in [5, 5.41) is 5.34. The number of amides is 3. The van der Waals surface area contributed by atoms with Gasteiger partial charge in [0.15, 0.2) is 11.5 Å². The highest BCUT2D eigenvalue weighted by molar-refractivity contribution is 5.87. The summed E-state index contributed by atoms with van der Waals surface area (Å²) in [7, 11) is 0. The average Bonchev–Trinajstić information content (AvgIpc) is 2.65. The maximum absolute atomic E-state index is 11.9. The number of primary amides is 1. The lowest BCUT2D eigenvalue weighted by atomic mass is 10.2. The standard InChI is InChI=1S/C20H25N3O4/c1-2-26-17-6-3-4-7-18(17)27-13-5-8-19(24)22-14-15-9-11-16(12-10-15)23-20(21)25/h3-4,6-7,9-12H,2,5,8,13-14H2,1H3,(H,22,24)(H3,21,23,25). The summed E-state index contributed by atoms with van der Waals surface area (Å²) in [6.45, 7) is 3.35. The van der Waals surface area contributed by atoms with Gasteiger partial charge in [0.05, 0.1) is 13.2 Å². The summed E-state index contributed by atoms with van der Waals surface area (Å²) in [4.78, 5) is 22.7. The second kappa shape index (κ2) is 10.7. The summed E-state index contributed by atoms with van der Waals surface area (Å²) in [5.74, 6) is 1.35. The number of hydrogen-bond donors (Lipinski definition) is 3. The van der Waals surface area contributed by atoms with Crippen molar-refractivity contribution in [3.63, 3.8) is 0 Å². The number of nitrogens with one attached hydrogen (secondary N) is 2. The van der Waals surface area contributed by atoms with E-state index >= 15 is 0 Å². The van der Waals surface area contributed by atoms with Crippen LogP contribution in [0.15, 0.2) is 48.5 Å². The van der Waals surface area contributed by atoms with E-state index in [1.165, 1.54) is 0 Å². The molecule has 0 fully saturated rings. The highest BCUT2D eigenvalue weighted by Gasteiger charge is 2.05. The summed E-state index contributed by atoms with van der Waals surface area (Å²) < 4.78 is 11.2. The molecule has 2 rings (SSSR count). The van der Waals surface area contributed by atoms with Gasteiger partial charge in [0.25, 0.3) is 0 Å². The predicted molar refractivity (Wildman–Crippen MR) is 104 cm³/mol. The maximum atomic E-state index is 11.9. The molecule has 0 aromatic heterocycles. The number of nitrogens with two attached hydrogens (primary N) is 1. The number of carbonyl (C=O) groups excluding carboxylic acids is 2. The van der Waals surface area contributed by atoms with Crippen molar-refractivity contribution < 1.29 is 19.1 Å². The van der Waals surface area contributed by atoms with Gasteiger partial charge in [-0.2, -0.15) is 0 Å². The molecule has 0 bridgehead atoms. The predicted octanol–water partition coefficient (Wildman–Crippen LogP) is 3.05. The minimum Gasteiger partial charge on any atom is -0.490 e. The van der Waals surface area contributed by atoms with Crippen LogP contribution in [0.2, 0.25) is 0 Å². The van der Waals surface area contributed by atoms with E-state index in [-0.39, 0.29) is 5.91 Å². The molecule has 0 aliphatic heterocycles. The smallest absolute Gasteiger partial charge is 0.316 e. The quantitative estimate of drug-likeness (QED) is 0.559. The van der Waals surface area contributed by atoms with Gasteiger partial charge in [0.2, 0.25) is 5.91 Å². The van der Waals surface area contributed by atoms with Crippen LogP contribution < -0.4 is 25.8 Å². The largest absolute Gasteiger partial charge is 0.490 e. The van der Waals surface area contributed by atoms with Crippen molar-refractivity contribution in [3.05, 3.63) is 54.1 Å². The van der Waals surface area contributed by atoms with Crippen LogP contribution in [0.25, 0.3) is 0 Å². The fraction of sp³-hybridized carbons (Fsp3) is 0.300. The summed E-state index contributed by atoms with van der Waals surface area (Å²) in [6.07, 6.45) is 0.978. The molecule has 0 unspecified atom stereocenters. The zero-order chi connectivity index (χ0) is 19.5. The van der Waals surface area contributed by atoms with E-state index < -0.39 is 6.03 Å². The fourth-order valence-corrected chi connectivity index (χ4v) is 2.40. The number of rotatable bonds is 10. The Morgan fingerprint density at radius 3 is 2.30 bits per heavy atom. The van der Waals surface area contributed by atoms with E-state index in [0.717, 1.165) is 5.56 Å². The molecule has 0 radical (unpaired) electrons. The highest BCUT2D eigenvalue weighted by atomic mass is 16.5. The van der Waals surface area contributed by atoms with Crippen molar-refractivity contribution in [1.82, 2.24) is 5.32 Å². The van der Waals surface area contributed by atoms with Gasteiger partial charge in [-0.3, -0.25) is 4.79 Å². The monoisotopic (exact) mass is 371 g/mol. The lowest BCUT2D eigenvalue weighted by molar-refractivity contribution is -0.121. The fourth-order valence-electron chi connectivity index (χ4n) is 2.40. The Kier molecular flexibility index (Phi) is 7.96. The Hall–Kier alpha value is -3.22. The van der Waals surface area contributed by atoms with Gasteiger partial charge in [0.1, 0.15) is 0 Å². The molecule has 0 aliphatic carbocycles. The first-order valence-electron chi connectivity index (χ1n) is 8.85. The number of carbonyl (C=O) groups is 2. The number of para-hydroxylation sites is 2. The van der Waals surface area contributed by atoms with E-state index in [0.29, 0.717) is 49.8 Å². The van der Waals surface area contributed by atoms with Crippen molar-refractivity contribution in [2.75, 3.05) is 18.5 Å². The summed E-state index contributed by atoms with van der Waals surface area (Å²) in [6, 6.07) is 14.0. The normalized spacial score (nSPS) is 10.1. The van der Waals surface area contributed by atoms with Crippen LogP contribution in [0, 0.1) is 0 Å². The molecule has 144 valence electrons. The lowest BCUT2D eigenvalue weighted by Crippen LogP contribution is -2.23. The van der Waals surface area contributed by atoms with Gasteiger partial charge in [-0.15, -0.1) is 0 Å². The Morgan fingerprint density at radius 2 is 1.67 bits per heavy atom. The molecule has 0 saturated heterocycles. The molecular formula is C20H25N3O4. The summed E-state index contributed by atoms with van der Waals surface area (Å²) >= 11 is 0. The zero-order valence-corrected chi connectivity index (χ0v) is 15.4. The van der Waals surface area contributed by atoms with E-state index in [9.17, 15) is 9.59 Å². The molecule has 0 heterocycles. The van der Waals surface area contributed by atoms with E-state index in [4.69, 9.17) is 15.2 Å². The van der Waals surface area contributed by atoms with Crippen molar-refractivity contribution in [3.8, 4) is 11.5 Å². The SMILES string of the molecule is CCOc1ccccc1OCCCC(=O)NCc1ccc(NC(N)=O)cc1. The van der Waals surface area contributed by atoms with E-state index in [1.54, 1.807) is 12.1 Å². The molecular weight excluding hydrogens is 346 g/mol. The van der Waals surface area contributed by atoms with Crippen LogP contribution in [-0.4, -0.2) is 25.2 Å². The minimum absolute atomic E-state index is 0.0453. The van der Waals surface area contributed by atoms with Crippen LogP contribution in [-0.2, 0) is 11.3 Å². The number of urea groups is 1. The van der Waals surface area contributed by atoms with Gasteiger partial charge >= 0.3 is 6.03 Å². The van der Waals surface area contributed by atoms with Gasteiger partial charge in [-0.25, -0.2) is 4.79 Å². The Bertz CT molecular complexity index is 747. The molecule has 2 aromatic carbocycles. The molecule has 7 nitrogen and oxygen atoms in total. The minimum atomic E-state index is -0.609. The molecule has 0 spiro atoms. The molecule has 27 heavy (non-hydrogen) atoms. The Balaban J connectivity index is 1.67. The number of anilines is 1. The first kappa shape index (κ1) is 20.1. The maximum Gasteiger partial charge on any atom is 0.316 e. The van der Waals surface area contributed by atoms with Crippen molar-refractivity contribution >= 4 is 17.6 Å². The van der Waals surface area contributed by atoms with Crippen LogP contribution in [0.4, 0.5) is 10.5 Å². The second-order valence-electron chi connectivity index (χ2n) is 5.79. The van der Waals surface area contributed by atoms with Gasteiger partial charge in [0, 0.05) is 18.7 Å². The summed E-state index contributed by atoms with van der Waals surface area (Å²) in [5.41, 5.74) is 6.60.